The average Bonchev–Trinajstić information content (AvgIpc) is 0.722. The Bertz CT molecular complexity index is 69.5. The normalized spacial score (nSPS) is 7.38. The Morgan fingerprint density at radius 3 is 1.12 bits per heavy atom. The molecular weight excluding hydrogens is 132 g/mol. The van der Waals surface area contributed by atoms with Crippen LogP contribution in [0.1, 0.15) is 4.28 Å². The van der Waals surface area contributed by atoms with E-state index in [0.29, 0.717) is 0 Å². The first-order chi connectivity index (χ1) is 2.00. The Morgan fingerprint density at radius 1 is 1.12 bits per heavy atom. The van der Waals surface area contributed by atoms with Gasteiger partial charge < -0.3 is 19.0 Å². The van der Waals surface area contributed by atoms with Crippen molar-refractivity contribution in [3.05, 3.63) is 0 Å². The molecule has 0 unspecified atom stereocenters. The molecule has 0 saturated carbocycles. The fraction of sp³-hybridized carbons (Fsp3) is 0. The molecule has 0 aliphatic carbocycles. The fourth-order valence-electron chi connectivity index (χ4n) is 0. The third kappa shape index (κ3) is 83.4. The van der Waals surface area contributed by atoms with E-state index in [-0.39, 0.29) is 71.6 Å². The maximum atomic E-state index is 8.88. The molecule has 0 saturated heterocycles. The first-order valence-corrected chi connectivity index (χ1v) is 2.35. The van der Waals surface area contributed by atoms with Crippen LogP contribution in [0.5, 0.6) is 0 Å². The van der Waals surface area contributed by atoms with Gasteiger partial charge in [-0.3, -0.25) is 0 Å². The third-order valence-corrected chi connectivity index (χ3v) is 0. The van der Waals surface area contributed by atoms with Gasteiger partial charge in [0.25, 0.3) is 0 Å². The van der Waals surface area contributed by atoms with E-state index < -0.39 is 7.82 Å². The van der Waals surface area contributed by atoms with Crippen LogP contribution in [0.25, 0.3) is 0 Å². The van der Waals surface area contributed by atoms with E-state index in [0.717, 1.165) is 0 Å². The molecule has 0 radical (unpaired) electrons. The van der Waals surface area contributed by atoms with E-state index in [2.05, 4.69) is 0 Å². The quantitative estimate of drug-likeness (QED) is 0.229. The Hall–Kier alpha value is 2.30. The van der Waals surface area contributed by atoms with E-state index in [9.17, 15) is 0 Å². The summed E-state index contributed by atoms with van der Waals surface area (Å²) in [5.74, 6) is 0. The van der Waals surface area contributed by atoms with Crippen LogP contribution in [0.15, 0.2) is 0 Å². The molecule has 0 rings (SSSR count). The summed E-state index contributed by atoms with van der Waals surface area (Å²) < 4.78 is 8.88. The van der Waals surface area contributed by atoms with Crippen LogP contribution in [0.2, 0.25) is 0 Å². The molecule has 0 heterocycles. The van der Waals surface area contributed by atoms with Gasteiger partial charge in [0.2, 0.25) is 0 Å². The van der Waals surface area contributed by atoms with E-state index >= 15 is 0 Å². The summed E-state index contributed by atoms with van der Waals surface area (Å²) in [5, 5.41) is 0. The van der Waals surface area contributed by atoms with Gasteiger partial charge in [0.05, 0.1) is 0 Å². The topological polar surface area (TPSA) is 77.8 Å². The van der Waals surface area contributed by atoms with Crippen molar-refractivity contribution < 1.29 is 90.8 Å². The van der Waals surface area contributed by atoms with Gasteiger partial charge in [-0.15, -0.1) is 0 Å². The van der Waals surface area contributed by atoms with Gasteiger partial charge in [-0.25, -0.2) is 4.57 Å². The Kier molecular flexibility index (Phi) is 26.1. The van der Waals surface area contributed by atoms with Crippen LogP contribution in [0.4, 0.5) is 0 Å². The van der Waals surface area contributed by atoms with Gasteiger partial charge >= 0.3 is 75.1 Å². The largest absolute Gasteiger partial charge is 1.00 e. The Labute approximate surface area is 97.8 Å². The van der Waals surface area contributed by atoms with Crippen LogP contribution in [0.3, 0.4) is 0 Å². The zero-order valence-electron chi connectivity index (χ0n) is 8.20. The van der Waals surface area contributed by atoms with Crippen LogP contribution < -0.4 is 67.3 Å². The number of hydrogen-bond donors (Lipinski definition) is 3. The summed E-state index contributed by atoms with van der Waals surface area (Å²) in [6.07, 6.45) is 0. The second-order valence-corrected chi connectivity index (χ2v) is 1.54. The minimum atomic E-state index is -4.64. The third-order valence-electron chi connectivity index (χ3n) is 0. The molecule has 0 aromatic carbocycles. The number of hydrogen-bond acceptors (Lipinski definition) is 1. The molecule has 3 N–H and O–H groups in total. The van der Waals surface area contributed by atoms with Gasteiger partial charge in [0.15, 0.2) is 0 Å². The van der Waals surface area contributed by atoms with Crippen molar-refractivity contribution >= 4 is 7.82 Å². The monoisotopic (exact) mass is 138 g/mol. The minimum Gasteiger partial charge on any atom is -1.00 e. The van der Waals surface area contributed by atoms with Crippen molar-refractivity contribution in [1.82, 2.24) is 0 Å². The van der Waals surface area contributed by atoms with Crippen LogP contribution in [0, 0.1) is 0 Å². The van der Waals surface area contributed by atoms with E-state index in [4.69, 9.17) is 19.2 Å². The zero-order valence-corrected chi connectivity index (χ0v) is 8.09. The average molecular weight is 138 g/mol. The molecule has 0 amide bonds. The van der Waals surface area contributed by atoms with E-state index in [1.807, 2.05) is 0 Å². The molecule has 0 aromatic heterocycles. The van der Waals surface area contributed by atoms with Gasteiger partial charge in [-0.1, -0.05) is 0 Å². The predicted molar refractivity (Wildman–Crippen MR) is 17.6 cm³/mol. The summed E-state index contributed by atoms with van der Waals surface area (Å²) in [5.41, 5.74) is 0. The smallest absolute Gasteiger partial charge is 1.00 e. The molecular formula is H6Li2NaO4P. The summed E-state index contributed by atoms with van der Waals surface area (Å²) in [4.78, 5) is 21.6. The molecule has 4 nitrogen and oxygen atoms in total. The molecule has 0 aromatic rings. The van der Waals surface area contributed by atoms with E-state index in [1.165, 1.54) is 0 Å². The molecule has 0 atom stereocenters. The van der Waals surface area contributed by atoms with Gasteiger partial charge in [0, 0.05) is 0 Å². The van der Waals surface area contributed by atoms with Gasteiger partial charge in [0.1, 0.15) is 0 Å². The minimum absolute atomic E-state index is 0. The molecule has 8 heteroatoms. The first kappa shape index (κ1) is 22.4. The second kappa shape index (κ2) is 9.30. The van der Waals surface area contributed by atoms with Crippen molar-refractivity contribution in [2.24, 2.45) is 0 Å². The Morgan fingerprint density at radius 2 is 1.12 bits per heavy atom. The summed E-state index contributed by atoms with van der Waals surface area (Å²) >= 11 is 0. The summed E-state index contributed by atoms with van der Waals surface area (Å²) in [6.45, 7) is 0. The second-order valence-electron chi connectivity index (χ2n) is 0.513. The number of phosphoric acid groups is 1. The SMILES string of the molecule is O=P(O)(O)O.[H-].[H-].[H-].[Li+].[Li+].[Na+]. The summed E-state index contributed by atoms with van der Waals surface area (Å²) in [6, 6.07) is 0. The zero-order chi connectivity index (χ0) is 4.50. The predicted octanol–water partition coefficient (Wildman–Crippen LogP) is -9.58. The van der Waals surface area contributed by atoms with Crippen molar-refractivity contribution in [1.29, 1.82) is 0 Å². The van der Waals surface area contributed by atoms with Crippen molar-refractivity contribution in [3.8, 4) is 0 Å². The van der Waals surface area contributed by atoms with Crippen molar-refractivity contribution in [2.75, 3.05) is 0 Å². The number of rotatable bonds is 0. The van der Waals surface area contributed by atoms with Crippen molar-refractivity contribution in [3.63, 3.8) is 0 Å². The fourth-order valence-corrected chi connectivity index (χ4v) is 0. The molecule has 0 aliphatic heterocycles. The van der Waals surface area contributed by atoms with Crippen LogP contribution in [-0.4, -0.2) is 14.7 Å². The Balaban J connectivity index is -0.00000000533. The van der Waals surface area contributed by atoms with Crippen LogP contribution in [-0.2, 0) is 4.57 Å². The molecule has 0 spiro atoms. The summed E-state index contributed by atoms with van der Waals surface area (Å²) in [7, 11) is -4.64. The van der Waals surface area contributed by atoms with Crippen molar-refractivity contribution in [2.45, 2.75) is 0 Å². The first-order valence-electron chi connectivity index (χ1n) is 0.783. The molecule has 0 fully saturated rings. The molecule has 8 heavy (non-hydrogen) atoms. The van der Waals surface area contributed by atoms with E-state index in [1.54, 1.807) is 0 Å². The maximum absolute atomic E-state index is 8.88. The molecule has 0 aliphatic rings. The maximum Gasteiger partial charge on any atom is 1.00 e. The van der Waals surface area contributed by atoms with Crippen LogP contribution >= 0.6 is 7.82 Å². The van der Waals surface area contributed by atoms with Gasteiger partial charge in [-0.2, -0.15) is 0 Å². The van der Waals surface area contributed by atoms with Gasteiger partial charge in [-0.05, 0) is 0 Å². The standard InChI is InChI=1S/2Li.Na.H3O4P.3H/c;;;1-5(2,3)4;;;/h;;;(H3,1,2,3,4);;;/q3*+1;;3*-1. The molecule has 38 valence electrons. The molecule has 0 bridgehead atoms.